The molecule has 1 aromatic heterocycles. The fourth-order valence-corrected chi connectivity index (χ4v) is 2.44. The number of hydrogen-bond donors (Lipinski definition) is 1. The van der Waals surface area contributed by atoms with Gasteiger partial charge in [-0.15, -0.1) is 0 Å². The lowest BCUT2D eigenvalue weighted by Gasteiger charge is -2.13. The van der Waals surface area contributed by atoms with E-state index in [1.54, 1.807) is 10.8 Å². The van der Waals surface area contributed by atoms with Crippen LogP contribution in [0.5, 0.6) is 0 Å². The molecule has 1 fully saturated rings. The van der Waals surface area contributed by atoms with E-state index < -0.39 is 0 Å². The number of carbonyl (C=O) groups is 1. The van der Waals surface area contributed by atoms with E-state index >= 15 is 0 Å². The Hall–Kier alpha value is -2.54. The second-order valence-electron chi connectivity index (χ2n) is 4.70. The van der Waals surface area contributed by atoms with Crippen molar-refractivity contribution in [1.82, 2.24) is 15.1 Å². The number of anilines is 1. The van der Waals surface area contributed by atoms with Crippen molar-refractivity contribution in [2.24, 2.45) is 0 Å². The second-order valence-corrected chi connectivity index (χ2v) is 5.09. The highest BCUT2D eigenvalue weighted by molar-refractivity contribution is 7.80. The molecule has 0 unspecified atom stereocenters. The number of aromatic nitrogens is 2. The Morgan fingerprint density at radius 3 is 2.68 bits per heavy atom. The number of benzene rings is 1. The summed E-state index contributed by atoms with van der Waals surface area (Å²) in [6, 6.07) is 7.41. The lowest BCUT2D eigenvalue weighted by molar-refractivity contribution is -0.113. The van der Waals surface area contributed by atoms with Crippen molar-refractivity contribution in [3.63, 3.8) is 0 Å². The summed E-state index contributed by atoms with van der Waals surface area (Å²) in [6.07, 6.45) is 3.48. The zero-order chi connectivity index (χ0) is 15.7. The molecule has 1 aliphatic heterocycles. The Balaban J connectivity index is 1.89. The van der Waals surface area contributed by atoms with Crippen LogP contribution in [0.2, 0.25) is 0 Å². The van der Waals surface area contributed by atoms with E-state index in [4.69, 9.17) is 12.2 Å². The molecule has 1 saturated heterocycles. The smallest absolute Gasteiger partial charge is 0.281 e. The number of hydrogen-bond acceptors (Lipinski definition) is 3. The Morgan fingerprint density at radius 2 is 2.05 bits per heavy atom. The van der Waals surface area contributed by atoms with Crippen LogP contribution in [-0.2, 0) is 11.3 Å². The van der Waals surface area contributed by atoms with Crippen molar-refractivity contribution in [2.75, 3.05) is 4.90 Å². The Labute approximate surface area is 132 Å². The summed E-state index contributed by atoms with van der Waals surface area (Å²) in [6.45, 7) is 2.74. The van der Waals surface area contributed by atoms with Gasteiger partial charge in [0.1, 0.15) is 11.5 Å². The summed E-state index contributed by atoms with van der Waals surface area (Å²) in [4.78, 5) is 13.8. The maximum Gasteiger partial charge on any atom is 0.281 e. The first-order chi connectivity index (χ1) is 10.6. The number of halogens is 1. The molecule has 2 aromatic rings. The van der Waals surface area contributed by atoms with Crippen molar-refractivity contribution in [3.05, 3.63) is 53.7 Å². The molecule has 1 amide bonds. The summed E-state index contributed by atoms with van der Waals surface area (Å²) in [5.74, 6) is -0.655. The second kappa shape index (κ2) is 5.69. The zero-order valence-corrected chi connectivity index (χ0v) is 12.6. The van der Waals surface area contributed by atoms with Crippen LogP contribution in [0.15, 0.2) is 42.2 Å². The van der Waals surface area contributed by atoms with Gasteiger partial charge in [-0.2, -0.15) is 5.10 Å². The fourth-order valence-electron chi connectivity index (χ4n) is 2.14. The predicted molar refractivity (Wildman–Crippen MR) is 85.5 cm³/mol. The zero-order valence-electron chi connectivity index (χ0n) is 11.8. The molecule has 112 valence electrons. The van der Waals surface area contributed by atoms with Crippen molar-refractivity contribution in [3.8, 4) is 0 Å². The largest absolute Gasteiger partial charge is 0.327 e. The minimum Gasteiger partial charge on any atom is -0.327 e. The number of rotatable bonds is 3. The highest BCUT2D eigenvalue weighted by atomic mass is 32.1. The van der Waals surface area contributed by atoms with Crippen LogP contribution in [-0.4, -0.2) is 20.8 Å². The molecular formula is C15H13FN4OS. The molecule has 5 nitrogen and oxygen atoms in total. The van der Waals surface area contributed by atoms with Gasteiger partial charge >= 0.3 is 0 Å². The molecule has 0 aliphatic carbocycles. The third-order valence-corrected chi connectivity index (χ3v) is 3.53. The molecule has 3 rings (SSSR count). The Morgan fingerprint density at radius 1 is 1.32 bits per heavy atom. The van der Waals surface area contributed by atoms with Crippen LogP contribution in [0.4, 0.5) is 10.1 Å². The van der Waals surface area contributed by atoms with Crippen LogP contribution in [0.3, 0.4) is 0 Å². The van der Waals surface area contributed by atoms with Gasteiger partial charge in [-0.1, -0.05) is 0 Å². The molecule has 1 aromatic carbocycles. The van der Waals surface area contributed by atoms with Crippen molar-refractivity contribution < 1.29 is 9.18 Å². The van der Waals surface area contributed by atoms with E-state index in [9.17, 15) is 9.18 Å². The molecule has 0 radical (unpaired) electrons. The van der Waals surface area contributed by atoms with Gasteiger partial charge in [-0.3, -0.25) is 14.4 Å². The van der Waals surface area contributed by atoms with Gasteiger partial charge in [0.15, 0.2) is 5.11 Å². The summed E-state index contributed by atoms with van der Waals surface area (Å²) < 4.78 is 14.8. The van der Waals surface area contributed by atoms with Gasteiger partial charge in [-0.25, -0.2) is 4.39 Å². The summed E-state index contributed by atoms with van der Waals surface area (Å²) in [7, 11) is 0. The van der Waals surface area contributed by atoms with Gasteiger partial charge in [0.05, 0.1) is 11.4 Å². The van der Waals surface area contributed by atoms with Crippen LogP contribution in [0.25, 0.3) is 6.08 Å². The maximum absolute atomic E-state index is 13.0. The van der Waals surface area contributed by atoms with Crippen molar-refractivity contribution in [2.45, 2.75) is 13.5 Å². The third-order valence-electron chi connectivity index (χ3n) is 3.24. The van der Waals surface area contributed by atoms with E-state index in [0.717, 1.165) is 6.54 Å². The first-order valence-electron chi connectivity index (χ1n) is 6.74. The van der Waals surface area contributed by atoms with E-state index in [1.807, 2.05) is 19.2 Å². The lowest BCUT2D eigenvalue weighted by atomic mass is 10.2. The standard InChI is InChI=1S/C15H13FN4OS/c1-2-19-8-7-11(18-19)9-13-14(21)20(15(22)17-13)12-5-3-10(16)4-6-12/h3-9H,2H2,1H3,(H,17,22)/b13-9+. The monoisotopic (exact) mass is 316 g/mol. The molecule has 0 saturated carbocycles. The van der Waals surface area contributed by atoms with Crippen LogP contribution < -0.4 is 10.2 Å². The van der Waals surface area contributed by atoms with Gasteiger partial charge in [0, 0.05) is 12.7 Å². The average Bonchev–Trinajstić information content (AvgIpc) is 3.06. The van der Waals surface area contributed by atoms with E-state index in [1.165, 1.54) is 29.2 Å². The lowest BCUT2D eigenvalue weighted by Crippen LogP contribution is -2.30. The summed E-state index contributed by atoms with van der Waals surface area (Å²) in [5.41, 5.74) is 1.53. The van der Waals surface area contributed by atoms with Gasteiger partial charge in [0.25, 0.3) is 5.91 Å². The third kappa shape index (κ3) is 2.62. The van der Waals surface area contributed by atoms with Gasteiger partial charge in [0.2, 0.25) is 0 Å². The summed E-state index contributed by atoms with van der Waals surface area (Å²) >= 11 is 5.19. The number of carbonyl (C=O) groups excluding carboxylic acids is 1. The Bertz CT molecular complexity index is 766. The van der Waals surface area contributed by atoms with Crippen LogP contribution in [0, 0.1) is 5.82 Å². The maximum atomic E-state index is 13.0. The minimum absolute atomic E-state index is 0.262. The number of amides is 1. The minimum atomic E-state index is -0.366. The molecule has 7 heteroatoms. The quantitative estimate of drug-likeness (QED) is 0.697. The molecule has 22 heavy (non-hydrogen) atoms. The van der Waals surface area contributed by atoms with Crippen LogP contribution >= 0.6 is 12.2 Å². The number of thiocarbonyl (C=S) groups is 1. The highest BCUT2D eigenvalue weighted by Gasteiger charge is 2.32. The van der Waals surface area contributed by atoms with E-state index in [0.29, 0.717) is 17.1 Å². The molecule has 1 N–H and O–H groups in total. The van der Waals surface area contributed by atoms with Gasteiger partial charge < -0.3 is 5.32 Å². The first kappa shape index (κ1) is 14.4. The fraction of sp³-hybridized carbons (Fsp3) is 0.133. The first-order valence-corrected chi connectivity index (χ1v) is 7.15. The van der Waals surface area contributed by atoms with Crippen molar-refractivity contribution in [1.29, 1.82) is 0 Å². The highest BCUT2D eigenvalue weighted by Crippen LogP contribution is 2.22. The van der Waals surface area contributed by atoms with E-state index in [2.05, 4.69) is 10.4 Å². The Kier molecular flexibility index (Phi) is 3.72. The molecule has 0 bridgehead atoms. The molecular weight excluding hydrogens is 303 g/mol. The average molecular weight is 316 g/mol. The summed E-state index contributed by atoms with van der Waals surface area (Å²) in [5, 5.41) is 7.43. The van der Waals surface area contributed by atoms with Crippen LogP contribution in [0.1, 0.15) is 12.6 Å². The SMILES string of the molecule is CCn1ccc(/C=C2/NC(=S)N(c3ccc(F)cc3)C2=O)n1. The van der Waals surface area contributed by atoms with E-state index in [-0.39, 0.29) is 16.8 Å². The number of aryl methyl sites for hydroxylation is 1. The van der Waals surface area contributed by atoms with Crippen molar-refractivity contribution >= 4 is 35.0 Å². The number of nitrogens with one attached hydrogen (secondary N) is 1. The molecule has 0 atom stereocenters. The van der Waals surface area contributed by atoms with Gasteiger partial charge in [-0.05, 0) is 55.5 Å². The normalized spacial score (nSPS) is 16.5. The number of nitrogens with zero attached hydrogens (tertiary/aromatic N) is 3. The topological polar surface area (TPSA) is 50.2 Å². The predicted octanol–water partition coefficient (Wildman–Crippen LogP) is 2.30. The molecule has 2 heterocycles. The molecule has 0 spiro atoms. The molecule has 1 aliphatic rings.